The number of aromatic nitrogens is 2. The van der Waals surface area contributed by atoms with Crippen molar-refractivity contribution < 1.29 is 0 Å². The summed E-state index contributed by atoms with van der Waals surface area (Å²) in [5.41, 5.74) is 7.82. The molecule has 0 aliphatic carbocycles. The molecule has 3 aromatic heterocycles. The first kappa shape index (κ1) is 21.4. The molecule has 0 saturated carbocycles. The number of benzene rings is 5. The summed E-state index contributed by atoms with van der Waals surface area (Å²) in [5, 5.41) is 5.13. The van der Waals surface area contributed by atoms with E-state index in [0.717, 1.165) is 22.5 Å². The van der Waals surface area contributed by atoms with Crippen LogP contribution >= 0.6 is 11.3 Å². The van der Waals surface area contributed by atoms with Crippen molar-refractivity contribution >= 4 is 53.3 Å². The predicted octanol–water partition coefficient (Wildman–Crippen LogP) is 9.88. The first-order valence-corrected chi connectivity index (χ1v) is 13.6. The van der Waals surface area contributed by atoms with E-state index >= 15 is 0 Å². The van der Waals surface area contributed by atoms with Gasteiger partial charge in [0.1, 0.15) is 0 Å². The lowest BCUT2D eigenvalue weighted by Crippen LogP contribution is -1.95. The molecule has 0 saturated heterocycles. The summed E-state index contributed by atoms with van der Waals surface area (Å²) in [6.07, 6.45) is 0. The monoisotopic (exact) mass is 502 g/mol. The highest BCUT2D eigenvalue weighted by Gasteiger charge is 2.17. The van der Waals surface area contributed by atoms with Gasteiger partial charge in [0, 0.05) is 42.1 Å². The summed E-state index contributed by atoms with van der Waals surface area (Å²) in [7, 11) is 0. The Kier molecular flexibility index (Phi) is 4.73. The molecule has 0 aliphatic rings. The van der Waals surface area contributed by atoms with E-state index in [1.807, 2.05) is 17.4 Å². The van der Waals surface area contributed by atoms with Gasteiger partial charge in [-0.05, 0) is 42.5 Å². The molecule has 0 fully saturated rings. The van der Waals surface area contributed by atoms with Crippen LogP contribution in [-0.2, 0) is 0 Å². The Morgan fingerprint density at radius 2 is 1.16 bits per heavy atom. The van der Waals surface area contributed by atoms with Gasteiger partial charge in [0.05, 0.1) is 28.1 Å². The van der Waals surface area contributed by atoms with Crippen molar-refractivity contribution in [3.63, 3.8) is 0 Å². The summed E-state index contributed by atoms with van der Waals surface area (Å²) >= 11 is 1.86. The Labute approximate surface area is 224 Å². The maximum absolute atomic E-state index is 5.05. The first-order chi connectivity index (χ1) is 18.8. The van der Waals surface area contributed by atoms with Crippen molar-refractivity contribution in [2.24, 2.45) is 0 Å². The summed E-state index contributed by atoms with van der Waals surface area (Å²) in [4.78, 5) is 5.05. The second-order valence-electron chi connectivity index (χ2n) is 9.61. The van der Waals surface area contributed by atoms with Crippen LogP contribution in [0.1, 0.15) is 0 Å². The molecule has 0 bridgehead atoms. The minimum atomic E-state index is 0.976. The van der Waals surface area contributed by atoms with Crippen LogP contribution in [-0.4, -0.2) is 9.55 Å². The number of para-hydroxylation sites is 1. The van der Waals surface area contributed by atoms with E-state index in [-0.39, 0.29) is 0 Å². The number of nitrogens with zero attached hydrogens (tertiary/aromatic N) is 2. The van der Waals surface area contributed by atoms with Gasteiger partial charge in [0.25, 0.3) is 0 Å². The van der Waals surface area contributed by atoms with Gasteiger partial charge in [-0.15, -0.1) is 11.3 Å². The first-order valence-electron chi connectivity index (χ1n) is 12.8. The standard InChI is InChI=1S/C35H22N2S/c1-2-10-23(11-3-1)28-14-8-15-29(36-28)24-20-21-26-25-12-4-6-16-30(25)37(32(26)22-24)31-17-9-19-34-35(31)27-13-5-7-18-33(27)38-34/h1-22H. The van der Waals surface area contributed by atoms with Gasteiger partial charge in [0.15, 0.2) is 0 Å². The SMILES string of the molecule is c1ccc(-c2cccc(-c3ccc4c5ccccc5n(-c5cccc6sc7ccccc7c56)c4c3)n2)cc1. The average Bonchev–Trinajstić information content (AvgIpc) is 3.53. The molecule has 178 valence electrons. The molecule has 3 heteroatoms. The maximum Gasteiger partial charge on any atom is 0.0710 e. The molecular formula is C35H22N2S. The molecule has 0 radical (unpaired) electrons. The molecule has 8 rings (SSSR count). The van der Waals surface area contributed by atoms with Crippen LogP contribution in [0.25, 0.3) is 70.2 Å². The fourth-order valence-corrected chi connectivity index (χ4v) is 6.82. The smallest absolute Gasteiger partial charge is 0.0710 e. The number of rotatable bonds is 3. The van der Waals surface area contributed by atoms with E-state index in [1.54, 1.807) is 0 Å². The molecular weight excluding hydrogens is 480 g/mol. The van der Waals surface area contributed by atoms with Crippen LogP contribution in [0, 0.1) is 0 Å². The van der Waals surface area contributed by atoms with Crippen LogP contribution in [0.3, 0.4) is 0 Å². The zero-order chi connectivity index (χ0) is 25.1. The lowest BCUT2D eigenvalue weighted by molar-refractivity contribution is 1.20. The number of fused-ring (bicyclic) bond motifs is 6. The van der Waals surface area contributed by atoms with Crippen molar-refractivity contribution in [2.45, 2.75) is 0 Å². The van der Waals surface area contributed by atoms with Gasteiger partial charge in [-0.2, -0.15) is 0 Å². The van der Waals surface area contributed by atoms with Gasteiger partial charge in [-0.25, -0.2) is 4.98 Å². The fourth-order valence-electron chi connectivity index (χ4n) is 5.70. The van der Waals surface area contributed by atoms with E-state index in [4.69, 9.17) is 4.98 Å². The van der Waals surface area contributed by atoms with Crippen LogP contribution in [0.4, 0.5) is 0 Å². The molecule has 0 atom stereocenters. The third-order valence-electron chi connectivity index (χ3n) is 7.41. The van der Waals surface area contributed by atoms with Crippen LogP contribution < -0.4 is 0 Å². The second kappa shape index (κ2) is 8.41. The molecule has 0 N–H and O–H groups in total. The zero-order valence-corrected chi connectivity index (χ0v) is 21.3. The second-order valence-corrected chi connectivity index (χ2v) is 10.7. The normalized spacial score (nSPS) is 11.7. The lowest BCUT2D eigenvalue weighted by atomic mass is 10.1. The summed E-state index contributed by atoms with van der Waals surface area (Å²) in [6.45, 7) is 0. The van der Waals surface area contributed by atoms with Crippen LogP contribution in [0.5, 0.6) is 0 Å². The van der Waals surface area contributed by atoms with Gasteiger partial charge < -0.3 is 4.57 Å². The van der Waals surface area contributed by atoms with E-state index < -0.39 is 0 Å². The molecule has 3 heterocycles. The fraction of sp³-hybridized carbons (Fsp3) is 0. The van der Waals surface area contributed by atoms with Crippen molar-refractivity contribution in [2.75, 3.05) is 0 Å². The highest BCUT2D eigenvalue weighted by Crippen LogP contribution is 2.41. The predicted molar refractivity (Wildman–Crippen MR) is 162 cm³/mol. The summed E-state index contributed by atoms with van der Waals surface area (Å²) in [5.74, 6) is 0. The number of pyridine rings is 1. The summed E-state index contributed by atoms with van der Waals surface area (Å²) < 4.78 is 5.07. The van der Waals surface area contributed by atoms with E-state index in [0.29, 0.717) is 0 Å². The van der Waals surface area contributed by atoms with Gasteiger partial charge in [-0.1, -0.05) is 91.0 Å². The van der Waals surface area contributed by atoms with Gasteiger partial charge in [-0.3, -0.25) is 0 Å². The highest BCUT2D eigenvalue weighted by molar-refractivity contribution is 7.25. The van der Waals surface area contributed by atoms with Crippen LogP contribution in [0.15, 0.2) is 133 Å². The van der Waals surface area contributed by atoms with Gasteiger partial charge >= 0.3 is 0 Å². The minimum absolute atomic E-state index is 0.976. The third kappa shape index (κ3) is 3.22. The third-order valence-corrected chi connectivity index (χ3v) is 8.55. The average molecular weight is 503 g/mol. The lowest BCUT2D eigenvalue weighted by Gasteiger charge is -2.11. The Morgan fingerprint density at radius 3 is 2.05 bits per heavy atom. The Hall–Kier alpha value is -4.73. The maximum atomic E-state index is 5.05. The van der Waals surface area contributed by atoms with E-state index in [2.05, 4.69) is 132 Å². The van der Waals surface area contributed by atoms with Crippen molar-refractivity contribution in [1.82, 2.24) is 9.55 Å². The Bertz CT molecular complexity index is 2130. The molecule has 5 aromatic carbocycles. The van der Waals surface area contributed by atoms with Crippen LogP contribution in [0.2, 0.25) is 0 Å². The molecule has 2 nitrogen and oxygen atoms in total. The zero-order valence-electron chi connectivity index (χ0n) is 20.5. The Morgan fingerprint density at radius 1 is 0.474 bits per heavy atom. The molecule has 38 heavy (non-hydrogen) atoms. The highest BCUT2D eigenvalue weighted by atomic mass is 32.1. The number of thiophene rings is 1. The molecule has 0 spiro atoms. The molecule has 0 aliphatic heterocycles. The quantitative estimate of drug-likeness (QED) is 0.235. The molecule has 0 unspecified atom stereocenters. The molecule has 0 amide bonds. The Balaban J connectivity index is 1.42. The van der Waals surface area contributed by atoms with Gasteiger partial charge in [0.2, 0.25) is 0 Å². The number of hydrogen-bond donors (Lipinski definition) is 0. The summed E-state index contributed by atoms with van der Waals surface area (Å²) in [6, 6.07) is 47.6. The van der Waals surface area contributed by atoms with E-state index in [1.165, 1.54) is 47.7 Å². The van der Waals surface area contributed by atoms with E-state index in [9.17, 15) is 0 Å². The van der Waals surface area contributed by atoms with Crippen molar-refractivity contribution in [3.05, 3.63) is 133 Å². The number of hydrogen-bond acceptors (Lipinski definition) is 2. The van der Waals surface area contributed by atoms with Crippen molar-refractivity contribution in [3.8, 4) is 28.2 Å². The topological polar surface area (TPSA) is 17.8 Å². The van der Waals surface area contributed by atoms with Crippen molar-refractivity contribution in [1.29, 1.82) is 0 Å². The molecule has 8 aromatic rings. The largest absolute Gasteiger partial charge is 0.309 e. The minimum Gasteiger partial charge on any atom is -0.309 e.